The van der Waals surface area contributed by atoms with E-state index in [-0.39, 0.29) is 5.91 Å². The first kappa shape index (κ1) is 13.7. The molecule has 2 rings (SSSR count). The fourth-order valence-corrected chi connectivity index (χ4v) is 2.23. The number of hydrogen-bond acceptors (Lipinski definition) is 3. The van der Waals surface area contributed by atoms with Crippen molar-refractivity contribution in [3.63, 3.8) is 0 Å². The molecule has 104 valence electrons. The van der Waals surface area contributed by atoms with Crippen LogP contribution in [0.5, 0.6) is 11.5 Å². The van der Waals surface area contributed by atoms with Gasteiger partial charge in [0, 0.05) is 25.6 Å². The Morgan fingerprint density at radius 3 is 2.74 bits per heavy atom. The zero-order chi connectivity index (χ0) is 13.5. The van der Waals surface area contributed by atoms with Crippen molar-refractivity contribution in [2.24, 2.45) is 0 Å². The summed E-state index contributed by atoms with van der Waals surface area (Å²) in [6.45, 7) is 2.41. The summed E-state index contributed by atoms with van der Waals surface area (Å²) < 4.78 is 10.7. The third-order valence-corrected chi connectivity index (χ3v) is 3.30. The van der Waals surface area contributed by atoms with E-state index in [1.807, 2.05) is 29.2 Å². The van der Waals surface area contributed by atoms with Crippen molar-refractivity contribution in [2.75, 3.05) is 26.8 Å². The average Bonchev–Trinajstić information content (AvgIpc) is 2.98. The number of nitrogens with zero attached hydrogens (tertiary/aromatic N) is 1. The summed E-state index contributed by atoms with van der Waals surface area (Å²) in [7, 11) is 1.63. The van der Waals surface area contributed by atoms with Crippen molar-refractivity contribution in [1.29, 1.82) is 0 Å². The molecule has 1 aromatic rings. The van der Waals surface area contributed by atoms with Gasteiger partial charge in [0.15, 0.2) is 0 Å². The zero-order valence-electron chi connectivity index (χ0n) is 11.4. The van der Waals surface area contributed by atoms with Crippen LogP contribution in [0.1, 0.15) is 25.7 Å². The second kappa shape index (κ2) is 7.02. The smallest absolute Gasteiger partial charge is 0.222 e. The molecule has 1 saturated heterocycles. The molecule has 4 nitrogen and oxygen atoms in total. The first-order chi connectivity index (χ1) is 9.29. The van der Waals surface area contributed by atoms with Crippen LogP contribution >= 0.6 is 0 Å². The van der Waals surface area contributed by atoms with Gasteiger partial charge in [-0.25, -0.2) is 0 Å². The largest absolute Gasteiger partial charge is 0.497 e. The van der Waals surface area contributed by atoms with E-state index in [9.17, 15) is 4.79 Å². The molecule has 0 aromatic heterocycles. The van der Waals surface area contributed by atoms with Crippen LogP contribution in [0.2, 0.25) is 0 Å². The van der Waals surface area contributed by atoms with Gasteiger partial charge in [0.1, 0.15) is 11.5 Å². The zero-order valence-corrected chi connectivity index (χ0v) is 11.4. The van der Waals surface area contributed by atoms with E-state index in [0.29, 0.717) is 13.0 Å². The Hall–Kier alpha value is -1.71. The topological polar surface area (TPSA) is 38.8 Å². The van der Waals surface area contributed by atoms with Gasteiger partial charge in [-0.05, 0) is 31.4 Å². The molecule has 4 heteroatoms. The number of carbonyl (C=O) groups is 1. The highest BCUT2D eigenvalue weighted by Crippen LogP contribution is 2.19. The molecule has 0 unspecified atom stereocenters. The standard InChI is InChI=1S/C15H21NO3/c1-18-13-6-4-7-14(12-13)19-11-5-8-15(17)16-9-2-3-10-16/h4,6-7,12H,2-3,5,8-11H2,1H3. The molecule has 0 spiro atoms. The van der Waals surface area contributed by atoms with Gasteiger partial charge in [-0.3, -0.25) is 4.79 Å². The molecule has 0 atom stereocenters. The van der Waals surface area contributed by atoms with Crippen molar-refractivity contribution < 1.29 is 14.3 Å². The quantitative estimate of drug-likeness (QED) is 0.740. The molecule has 1 fully saturated rings. The molecule has 1 aliphatic rings. The highest BCUT2D eigenvalue weighted by atomic mass is 16.5. The molecule has 0 aliphatic carbocycles. The first-order valence-corrected chi connectivity index (χ1v) is 6.84. The molecule has 1 aliphatic heterocycles. The number of likely N-dealkylation sites (tertiary alicyclic amines) is 1. The van der Waals surface area contributed by atoms with Gasteiger partial charge in [-0.1, -0.05) is 6.07 Å². The lowest BCUT2D eigenvalue weighted by atomic mass is 10.3. The molecular weight excluding hydrogens is 242 g/mol. The summed E-state index contributed by atoms with van der Waals surface area (Å²) in [5.41, 5.74) is 0. The minimum atomic E-state index is 0.256. The first-order valence-electron chi connectivity index (χ1n) is 6.84. The summed E-state index contributed by atoms with van der Waals surface area (Å²) >= 11 is 0. The van der Waals surface area contributed by atoms with E-state index in [4.69, 9.17) is 9.47 Å². The van der Waals surface area contributed by atoms with Gasteiger partial charge >= 0.3 is 0 Å². The average molecular weight is 263 g/mol. The second-order valence-electron chi connectivity index (χ2n) is 4.72. The van der Waals surface area contributed by atoms with Crippen LogP contribution in [0.3, 0.4) is 0 Å². The van der Waals surface area contributed by atoms with E-state index in [0.717, 1.165) is 43.9 Å². The number of rotatable bonds is 6. The lowest BCUT2D eigenvalue weighted by Crippen LogP contribution is -2.27. The Kier molecular flexibility index (Phi) is 5.07. The molecule has 19 heavy (non-hydrogen) atoms. The maximum absolute atomic E-state index is 11.8. The number of hydrogen-bond donors (Lipinski definition) is 0. The summed E-state index contributed by atoms with van der Waals surface area (Å²) in [6.07, 6.45) is 3.62. The van der Waals surface area contributed by atoms with Crippen LogP contribution in [0.25, 0.3) is 0 Å². The highest BCUT2D eigenvalue weighted by molar-refractivity contribution is 5.76. The fraction of sp³-hybridized carbons (Fsp3) is 0.533. The van der Waals surface area contributed by atoms with Gasteiger partial charge in [-0.15, -0.1) is 0 Å². The SMILES string of the molecule is COc1cccc(OCCCC(=O)N2CCCC2)c1. The van der Waals surface area contributed by atoms with Crippen LogP contribution in [0, 0.1) is 0 Å². The minimum Gasteiger partial charge on any atom is -0.497 e. The van der Waals surface area contributed by atoms with Gasteiger partial charge in [0.2, 0.25) is 5.91 Å². The van der Waals surface area contributed by atoms with Crippen molar-refractivity contribution in [1.82, 2.24) is 4.90 Å². The molecule has 0 bridgehead atoms. The summed E-state index contributed by atoms with van der Waals surface area (Å²) in [4.78, 5) is 13.8. The normalized spacial score (nSPS) is 14.5. The fourth-order valence-electron chi connectivity index (χ4n) is 2.23. The van der Waals surface area contributed by atoms with E-state index < -0.39 is 0 Å². The maximum atomic E-state index is 11.8. The van der Waals surface area contributed by atoms with E-state index in [2.05, 4.69) is 0 Å². The lowest BCUT2D eigenvalue weighted by Gasteiger charge is -2.15. The molecule has 1 heterocycles. The minimum absolute atomic E-state index is 0.256. The van der Waals surface area contributed by atoms with Gasteiger partial charge < -0.3 is 14.4 Å². The van der Waals surface area contributed by atoms with Crippen LogP contribution in [0.4, 0.5) is 0 Å². The lowest BCUT2D eigenvalue weighted by molar-refractivity contribution is -0.130. The number of carbonyl (C=O) groups excluding carboxylic acids is 1. The number of ether oxygens (including phenoxy) is 2. The summed E-state index contributed by atoms with van der Waals surface area (Å²) in [6, 6.07) is 7.51. The number of methoxy groups -OCH3 is 1. The van der Waals surface area contributed by atoms with Gasteiger partial charge in [0.25, 0.3) is 0 Å². The third-order valence-electron chi connectivity index (χ3n) is 3.30. The van der Waals surface area contributed by atoms with Crippen LogP contribution < -0.4 is 9.47 Å². The van der Waals surface area contributed by atoms with E-state index in [1.54, 1.807) is 7.11 Å². The predicted octanol–water partition coefficient (Wildman–Crippen LogP) is 2.48. The van der Waals surface area contributed by atoms with Crippen molar-refractivity contribution in [3.05, 3.63) is 24.3 Å². The Bertz CT molecular complexity index is 414. The third kappa shape index (κ3) is 4.16. The molecular formula is C15H21NO3. The second-order valence-corrected chi connectivity index (χ2v) is 4.72. The van der Waals surface area contributed by atoms with Crippen molar-refractivity contribution >= 4 is 5.91 Å². The van der Waals surface area contributed by atoms with Gasteiger partial charge in [0.05, 0.1) is 13.7 Å². The van der Waals surface area contributed by atoms with Crippen molar-refractivity contribution in [2.45, 2.75) is 25.7 Å². The molecule has 1 aromatic carbocycles. The number of benzene rings is 1. The molecule has 1 amide bonds. The summed E-state index contributed by atoms with van der Waals surface area (Å²) in [5, 5.41) is 0. The number of amides is 1. The van der Waals surface area contributed by atoms with Crippen LogP contribution in [-0.4, -0.2) is 37.6 Å². The monoisotopic (exact) mass is 263 g/mol. The van der Waals surface area contributed by atoms with Crippen LogP contribution in [0.15, 0.2) is 24.3 Å². The Morgan fingerprint density at radius 2 is 2.00 bits per heavy atom. The highest BCUT2D eigenvalue weighted by Gasteiger charge is 2.16. The maximum Gasteiger partial charge on any atom is 0.222 e. The molecule has 0 saturated carbocycles. The Labute approximate surface area is 114 Å². The summed E-state index contributed by atoms with van der Waals surface area (Å²) in [5.74, 6) is 1.82. The molecule has 0 radical (unpaired) electrons. The Balaban J connectivity index is 1.67. The van der Waals surface area contributed by atoms with Gasteiger partial charge in [-0.2, -0.15) is 0 Å². The van der Waals surface area contributed by atoms with E-state index in [1.165, 1.54) is 0 Å². The predicted molar refractivity (Wildman–Crippen MR) is 73.5 cm³/mol. The van der Waals surface area contributed by atoms with Crippen molar-refractivity contribution in [3.8, 4) is 11.5 Å². The van der Waals surface area contributed by atoms with Crippen LogP contribution in [-0.2, 0) is 4.79 Å². The molecule has 0 N–H and O–H groups in total. The Morgan fingerprint density at radius 1 is 1.26 bits per heavy atom. The van der Waals surface area contributed by atoms with E-state index >= 15 is 0 Å².